The van der Waals surface area contributed by atoms with Crippen LogP contribution in [0.5, 0.6) is 5.75 Å². The van der Waals surface area contributed by atoms with Crippen LogP contribution in [0.25, 0.3) is 0 Å². The summed E-state index contributed by atoms with van der Waals surface area (Å²) < 4.78 is 5.18. The van der Waals surface area contributed by atoms with Crippen LogP contribution >= 0.6 is 0 Å². The van der Waals surface area contributed by atoms with Crippen LogP contribution in [0.4, 0.5) is 0 Å². The summed E-state index contributed by atoms with van der Waals surface area (Å²) in [7, 11) is 1.59. The van der Waals surface area contributed by atoms with E-state index < -0.39 is 17.0 Å². The quantitative estimate of drug-likeness (QED) is 0.830. The van der Waals surface area contributed by atoms with E-state index >= 15 is 0 Å². The molecule has 4 heteroatoms. The number of carbonyl (C=O) groups is 1. The van der Waals surface area contributed by atoms with E-state index in [-0.39, 0.29) is 12.8 Å². The van der Waals surface area contributed by atoms with E-state index in [9.17, 15) is 9.90 Å². The summed E-state index contributed by atoms with van der Waals surface area (Å²) >= 11 is 0. The Balaban J connectivity index is 3.06. The first-order valence-corrected chi connectivity index (χ1v) is 6.35. The first-order chi connectivity index (χ1) is 8.75. The molecule has 0 aromatic heterocycles. The van der Waals surface area contributed by atoms with Crippen molar-refractivity contribution >= 4 is 5.97 Å². The maximum absolute atomic E-state index is 11.2. The lowest BCUT2D eigenvalue weighted by atomic mass is 9.74. The molecule has 1 aromatic carbocycles. The molecule has 0 amide bonds. The van der Waals surface area contributed by atoms with Gasteiger partial charge in [-0.05, 0) is 36.0 Å². The summed E-state index contributed by atoms with van der Waals surface area (Å²) in [4.78, 5) is 11.2. The fourth-order valence-corrected chi connectivity index (χ4v) is 2.23. The summed E-state index contributed by atoms with van der Waals surface area (Å²) in [5, 5.41) is 19.4. The zero-order valence-corrected chi connectivity index (χ0v) is 11.9. The SMILES string of the molecule is CCC(O)(CC(C)(C)c1cccc(OC)c1)C(=O)O. The Morgan fingerprint density at radius 1 is 1.37 bits per heavy atom. The zero-order valence-electron chi connectivity index (χ0n) is 11.9. The lowest BCUT2D eigenvalue weighted by molar-refractivity contribution is -0.161. The largest absolute Gasteiger partial charge is 0.497 e. The van der Waals surface area contributed by atoms with E-state index in [1.165, 1.54) is 0 Å². The second kappa shape index (κ2) is 5.61. The Morgan fingerprint density at radius 3 is 2.47 bits per heavy atom. The second-order valence-corrected chi connectivity index (χ2v) is 5.48. The van der Waals surface area contributed by atoms with E-state index in [2.05, 4.69) is 0 Å². The molecule has 19 heavy (non-hydrogen) atoms. The third-order valence-electron chi connectivity index (χ3n) is 3.57. The van der Waals surface area contributed by atoms with E-state index in [1.54, 1.807) is 14.0 Å². The fraction of sp³-hybridized carbons (Fsp3) is 0.533. The summed E-state index contributed by atoms with van der Waals surface area (Å²) in [6.45, 7) is 5.52. The van der Waals surface area contributed by atoms with Gasteiger partial charge in [-0.1, -0.05) is 32.9 Å². The smallest absolute Gasteiger partial charge is 0.335 e. The standard InChI is InChI=1S/C15H22O4/c1-5-15(18,13(16)17)10-14(2,3)11-7-6-8-12(9-11)19-4/h6-9,18H,5,10H2,1-4H3,(H,16,17). The van der Waals surface area contributed by atoms with Gasteiger partial charge in [0.15, 0.2) is 5.60 Å². The van der Waals surface area contributed by atoms with Crippen molar-refractivity contribution in [2.24, 2.45) is 0 Å². The average molecular weight is 266 g/mol. The van der Waals surface area contributed by atoms with Crippen LogP contribution < -0.4 is 4.74 Å². The molecule has 0 bridgehead atoms. The molecular weight excluding hydrogens is 244 g/mol. The number of rotatable bonds is 6. The van der Waals surface area contributed by atoms with Crippen molar-refractivity contribution < 1.29 is 19.7 Å². The van der Waals surface area contributed by atoms with E-state index in [4.69, 9.17) is 9.84 Å². The lowest BCUT2D eigenvalue weighted by Gasteiger charge is -2.33. The molecular formula is C15H22O4. The highest BCUT2D eigenvalue weighted by Gasteiger charge is 2.40. The number of hydrogen-bond acceptors (Lipinski definition) is 3. The summed E-state index contributed by atoms with van der Waals surface area (Å²) in [5.41, 5.74) is -1.22. The molecule has 0 fully saturated rings. The minimum atomic E-state index is -1.70. The van der Waals surface area contributed by atoms with Crippen LogP contribution in [0.3, 0.4) is 0 Å². The summed E-state index contributed by atoms with van der Waals surface area (Å²) in [5.74, 6) is -0.452. The Kier molecular flexibility index (Phi) is 4.58. The minimum absolute atomic E-state index is 0.152. The highest BCUT2D eigenvalue weighted by molar-refractivity contribution is 5.77. The molecule has 0 aliphatic carbocycles. The number of ether oxygens (including phenoxy) is 1. The molecule has 2 N–H and O–H groups in total. The first kappa shape index (κ1) is 15.5. The van der Waals surface area contributed by atoms with Crippen LogP contribution in [0, 0.1) is 0 Å². The fourth-order valence-electron chi connectivity index (χ4n) is 2.23. The van der Waals surface area contributed by atoms with Gasteiger partial charge in [0.2, 0.25) is 0 Å². The zero-order chi connectivity index (χ0) is 14.7. The third kappa shape index (κ3) is 3.47. The molecule has 0 saturated heterocycles. The number of carboxylic acid groups (broad SMARTS) is 1. The number of carboxylic acids is 1. The number of aliphatic hydroxyl groups is 1. The van der Waals surface area contributed by atoms with Gasteiger partial charge < -0.3 is 14.9 Å². The van der Waals surface area contributed by atoms with Gasteiger partial charge in [0.1, 0.15) is 5.75 Å². The molecule has 1 rings (SSSR count). The molecule has 1 aromatic rings. The number of benzene rings is 1. The predicted molar refractivity (Wildman–Crippen MR) is 73.5 cm³/mol. The minimum Gasteiger partial charge on any atom is -0.497 e. The van der Waals surface area contributed by atoms with Gasteiger partial charge in [-0.25, -0.2) is 4.79 Å². The molecule has 1 atom stereocenters. The molecule has 0 aliphatic heterocycles. The summed E-state index contributed by atoms with van der Waals surface area (Å²) in [6.07, 6.45) is 0.328. The number of methoxy groups -OCH3 is 1. The topological polar surface area (TPSA) is 66.8 Å². The molecule has 0 aliphatic rings. The van der Waals surface area contributed by atoms with E-state index in [0.29, 0.717) is 0 Å². The normalized spacial score (nSPS) is 14.8. The summed E-state index contributed by atoms with van der Waals surface area (Å²) in [6, 6.07) is 7.49. The van der Waals surface area contributed by atoms with Gasteiger partial charge in [0.25, 0.3) is 0 Å². The van der Waals surface area contributed by atoms with Crippen LogP contribution in [0.1, 0.15) is 39.2 Å². The molecule has 106 valence electrons. The van der Waals surface area contributed by atoms with Gasteiger partial charge in [-0.3, -0.25) is 0 Å². The van der Waals surface area contributed by atoms with Gasteiger partial charge in [0, 0.05) is 0 Å². The maximum Gasteiger partial charge on any atom is 0.335 e. The number of hydrogen-bond donors (Lipinski definition) is 2. The second-order valence-electron chi connectivity index (χ2n) is 5.48. The van der Waals surface area contributed by atoms with Crippen molar-refractivity contribution in [3.8, 4) is 5.75 Å². The predicted octanol–water partition coefficient (Wildman–Crippen LogP) is 2.59. The van der Waals surface area contributed by atoms with Crippen molar-refractivity contribution in [2.45, 2.75) is 44.6 Å². The van der Waals surface area contributed by atoms with E-state index in [1.807, 2.05) is 38.1 Å². The molecule has 4 nitrogen and oxygen atoms in total. The number of aliphatic carboxylic acids is 1. The highest BCUT2D eigenvalue weighted by atomic mass is 16.5. The van der Waals surface area contributed by atoms with Crippen LogP contribution in [-0.2, 0) is 10.2 Å². The third-order valence-corrected chi connectivity index (χ3v) is 3.57. The van der Waals surface area contributed by atoms with Gasteiger partial charge in [-0.2, -0.15) is 0 Å². The van der Waals surface area contributed by atoms with Gasteiger partial charge in [0.05, 0.1) is 7.11 Å². The molecule has 0 heterocycles. The maximum atomic E-state index is 11.2. The average Bonchev–Trinajstić information content (AvgIpc) is 2.38. The highest BCUT2D eigenvalue weighted by Crippen LogP contribution is 2.35. The van der Waals surface area contributed by atoms with Crippen LogP contribution in [-0.4, -0.2) is 28.9 Å². The van der Waals surface area contributed by atoms with E-state index in [0.717, 1.165) is 11.3 Å². The molecule has 0 radical (unpaired) electrons. The van der Waals surface area contributed by atoms with Gasteiger partial charge >= 0.3 is 5.97 Å². The molecule has 1 unspecified atom stereocenters. The molecule has 0 saturated carbocycles. The first-order valence-electron chi connectivity index (χ1n) is 6.35. The Bertz CT molecular complexity index is 453. The Labute approximate surface area is 114 Å². The van der Waals surface area contributed by atoms with Crippen molar-refractivity contribution in [1.29, 1.82) is 0 Å². The Hall–Kier alpha value is -1.55. The lowest BCUT2D eigenvalue weighted by Crippen LogP contribution is -2.43. The molecule has 0 spiro atoms. The van der Waals surface area contributed by atoms with Gasteiger partial charge in [-0.15, -0.1) is 0 Å². The monoisotopic (exact) mass is 266 g/mol. The van der Waals surface area contributed by atoms with Crippen LogP contribution in [0.15, 0.2) is 24.3 Å². The van der Waals surface area contributed by atoms with Crippen LogP contribution in [0.2, 0.25) is 0 Å². The van der Waals surface area contributed by atoms with Crippen molar-refractivity contribution in [3.63, 3.8) is 0 Å². The Morgan fingerprint density at radius 2 is 2.00 bits per heavy atom. The van der Waals surface area contributed by atoms with Crippen molar-refractivity contribution in [2.75, 3.05) is 7.11 Å². The van der Waals surface area contributed by atoms with Crippen molar-refractivity contribution in [1.82, 2.24) is 0 Å². The van der Waals surface area contributed by atoms with Crippen molar-refractivity contribution in [3.05, 3.63) is 29.8 Å².